The van der Waals surface area contributed by atoms with Gasteiger partial charge in [0.25, 0.3) is 0 Å². The number of hydrogen-bond donors (Lipinski definition) is 2. The second kappa shape index (κ2) is 23.2. The molecular weight excluding hydrogens is 364 g/mol. The zero-order chi connectivity index (χ0) is 21.4. The van der Waals surface area contributed by atoms with Gasteiger partial charge in [-0.15, -0.1) is 0 Å². The Morgan fingerprint density at radius 1 is 0.793 bits per heavy atom. The maximum atomic E-state index is 11.4. The van der Waals surface area contributed by atoms with E-state index in [4.69, 9.17) is 14.9 Å². The Bertz CT molecular complexity index is 404. The number of carbonyl (C=O) groups is 1. The number of allylic oxidation sites excluding steroid dienone is 4. The lowest BCUT2D eigenvalue weighted by Gasteiger charge is -2.08. The van der Waals surface area contributed by atoms with Crippen LogP contribution in [-0.4, -0.2) is 35.5 Å². The number of unbranched alkanes of at least 4 members (excludes halogenated alkanes) is 12. The molecule has 170 valence electrons. The summed E-state index contributed by atoms with van der Waals surface area (Å²) in [5.41, 5.74) is 0. The first-order chi connectivity index (χ1) is 14.2. The summed E-state index contributed by atoms with van der Waals surface area (Å²) < 4.78 is 4.87. The number of rotatable bonds is 21. The molecule has 0 saturated carbocycles. The molecule has 0 aromatic rings. The lowest BCUT2D eigenvalue weighted by molar-refractivity contribution is -0.147. The molecule has 4 heteroatoms. The van der Waals surface area contributed by atoms with Crippen molar-refractivity contribution in [3.8, 4) is 0 Å². The first kappa shape index (κ1) is 27.9. The Hall–Kier alpha value is -1.13. The second-order valence-electron chi connectivity index (χ2n) is 7.91. The average Bonchev–Trinajstić information content (AvgIpc) is 2.73. The van der Waals surface area contributed by atoms with Crippen molar-refractivity contribution in [3.05, 3.63) is 24.3 Å². The Morgan fingerprint density at radius 2 is 1.31 bits per heavy atom. The Kier molecular flexibility index (Phi) is 22.2. The normalized spacial score (nSPS) is 12.8. The first-order valence-corrected chi connectivity index (χ1v) is 11.9. The fraction of sp³-hybridized carbons (Fsp3) is 0.800. The number of carbonyl (C=O) groups excluding carboxylic acids is 1. The third-order valence-electron chi connectivity index (χ3n) is 4.98. The molecule has 0 aliphatic rings. The molecule has 0 fully saturated rings. The van der Waals surface area contributed by atoms with E-state index in [1.807, 2.05) is 0 Å². The van der Waals surface area contributed by atoms with Crippen LogP contribution in [0.15, 0.2) is 24.3 Å². The summed E-state index contributed by atoms with van der Waals surface area (Å²) in [4.78, 5) is 11.4. The summed E-state index contributed by atoms with van der Waals surface area (Å²) in [7, 11) is 0. The predicted molar refractivity (Wildman–Crippen MR) is 122 cm³/mol. The highest BCUT2D eigenvalue weighted by Crippen LogP contribution is 2.12. The van der Waals surface area contributed by atoms with Gasteiger partial charge in [-0.05, 0) is 38.5 Å². The standard InChI is InChI=1S/C25H46O4/c1-2-3-4-5-6-7-8-9-10-11-12-13-14-15-16-17-18-19-20-21-25(28)29-23-24(27)22-26/h6-7,9-10,24,26-27H,2-5,8,11-23H2,1H3/t24-/m0/s1. The molecule has 0 aromatic carbocycles. The lowest BCUT2D eigenvalue weighted by atomic mass is 10.1. The summed E-state index contributed by atoms with van der Waals surface area (Å²) in [6.45, 7) is 1.76. The Labute approximate surface area is 179 Å². The molecule has 0 amide bonds. The van der Waals surface area contributed by atoms with Gasteiger partial charge in [-0.3, -0.25) is 4.79 Å². The summed E-state index contributed by atoms with van der Waals surface area (Å²) in [5.74, 6) is -0.283. The highest BCUT2D eigenvalue weighted by molar-refractivity contribution is 5.69. The van der Waals surface area contributed by atoms with Crippen molar-refractivity contribution >= 4 is 5.97 Å². The van der Waals surface area contributed by atoms with E-state index in [9.17, 15) is 4.79 Å². The lowest BCUT2D eigenvalue weighted by Crippen LogP contribution is -2.21. The van der Waals surface area contributed by atoms with Crippen LogP contribution in [0.5, 0.6) is 0 Å². The fourth-order valence-corrected chi connectivity index (χ4v) is 3.10. The van der Waals surface area contributed by atoms with Crippen LogP contribution in [0.25, 0.3) is 0 Å². The molecule has 0 bridgehead atoms. The van der Waals surface area contributed by atoms with Crippen molar-refractivity contribution < 1.29 is 19.7 Å². The second-order valence-corrected chi connectivity index (χ2v) is 7.91. The Morgan fingerprint density at radius 3 is 1.86 bits per heavy atom. The van der Waals surface area contributed by atoms with Crippen molar-refractivity contribution in [2.75, 3.05) is 13.2 Å². The van der Waals surface area contributed by atoms with Crippen molar-refractivity contribution in [3.63, 3.8) is 0 Å². The van der Waals surface area contributed by atoms with Crippen LogP contribution >= 0.6 is 0 Å². The molecular formula is C25H46O4. The molecule has 0 aliphatic heterocycles. The molecule has 0 aromatic heterocycles. The third kappa shape index (κ3) is 23.0. The van der Waals surface area contributed by atoms with Crippen molar-refractivity contribution in [1.29, 1.82) is 0 Å². The number of hydrogen-bond acceptors (Lipinski definition) is 4. The molecule has 0 rings (SSSR count). The fourth-order valence-electron chi connectivity index (χ4n) is 3.10. The molecule has 0 aliphatic carbocycles. The third-order valence-corrected chi connectivity index (χ3v) is 4.98. The molecule has 0 saturated heterocycles. The monoisotopic (exact) mass is 410 g/mol. The van der Waals surface area contributed by atoms with Crippen LogP contribution in [0.2, 0.25) is 0 Å². The summed E-state index contributed by atoms with van der Waals surface area (Å²) in [6.07, 6.45) is 27.0. The van der Waals surface area contributed by atoms with Crippen LogP contribution in [0, 0.1) is 0 Å². The van der Waals surface area contributed by atoms with Crippen LogP contribution in [0.3, 0.4) is 0 Å². The summed E-state index contributed by atoms with van der Waals surface area (Å²) in [5, 5.41) is 17.8. The van der Waals surface area contributed by atoms with Gasteiger partial charge in [-0.2, -0.15) is 0 Å². The number of aliphatic hydroxyl groups excluding tert-OH is 2. The van der Waals surface area contributed by atoms with E-state index >= 15 is 0 Å². The highest BCUT2D eigenvalue weighted by atomic mass is 16.5. The maximum absolute atomic E-state index is 11.4. The van der Waals surface area contributed by atoms with Gasteiger partial charge in [0, 0.05) is 6.42 Å². The van der Waals surface area contributed by atoms with E-state index in [0.29, 0.717) is 6.42 Å². The van der Waals surface area contributed by atoms with Gasteiger partial charge in [-0.25, -0.2) is 0 Å². The molecule has 0 heterocycles. The molecule has 0 spiro atoms. The van der Waals surface area contributed by atoms with Gasteiger partial charge in [0.05, 0.1) is 6.61 Å². The quantitative estimate of drug-likeness (QED) is 0.133. The highest BCUT2D eigenvalue weighted by Gasteiger charge is 2.07. The SMILES string of the molecule is CCCCCC=CCC=CCCCCCCCCCCCC(=O)OC[C@@H](O)CO. The van der Waals surface area contributed by atoms with E-state index in [-0.39, 0.29) is 19.2 Å². The van der Waals surface area contributed by atoms with Crippen molar-refractivity contribution in [1.82, 2.24) is 0 Å². The van der Waals surface area contributed by atoms with Gasteiger partial charge >= 0.3 is 5.97 Å². The van der Waals surface area contributed by atoms with Crippen LogP contribution in [0.1, 0.15) is 110 Å². The molecule has 29 heavy (non-hydrogen) atoms. The van der Waals surface area contributed by atoms with E-state index < -0.39 is 6.10 Å². The zero-order valence-corrected chi connectivity index (χ0v) is 18.8. The largest absolute Gasteiger partial charge is 0.463 e. The number of aliphatic hydroxyl groups is 2. The summed E-state index contributed by atoms with van der Waals surface area (Å²) >= 11 is 0. The summed E-state index contributed by atoms with van der Waals surface area (Å²) in [6, 6.07) is 0. The molecule has 2 N–H and O–H groups in total. The van der Waals surface area contributed by atoms with Crippen LogP contribution < -0.4 is 0 Å². The first-order valence-electron chi connectivity index (χ1n) is 11.9. The van der Waals surface area contributed by atoms with Crippen LogP contribution in [0.4, 0.5) is 0 Å². The van der Waals surface area contributed by atoms with Crippen molar-refractivity contribution in [2.24, 2.45) is 0 Å². The van der Waals surface area contributed by atoms with Crippen molar-refractivity contribution in [2.45, 2.75) is 116 Å². The van der Waals surface area contributed by atoms with Crippen LogP contribution in [-0.2, 0) is 9.53 Å². The molecule has 1 atom stereocenters. The smallest absolute Gasteiger partial charge is 0.305 e. The van der Waals surface area contributed by atoms with E-state index in [2.05, 4.69) is 31.2 Å². The number of ether oxygens (including phenoxy) is 1. The Balaban J connectivity index is 3.24. The van der Waals surface area contributed by atoms with E-state index in [0.717, 1.165) is 19.3 Å². The molecule has 4 nitrogen and oxygen atoms in total. The molecule has 0 unspecified atom stereocenters. The molecule has 0 radical (unpaired) electrons. The van der Waals surface area contributed by atoms with Gasteiger partial charge in [-0.1, -0.05) is 89.0 Å². The topological polar surface area (TPSA) is 66.8 Å². The van der Waals surface area contributed by atoms with E-state index in [1.54, 1.807) is 0 Å². The minimum atomic E-state index is -0.961. The van der Waals surface area contributed by atoms with Gasteiger partial charge in [0.1, 0.15) is 12.7 Å². The van der Waals surface area contributed by atoms with E-state index in [1.165, 1.54) is 77.0 Å². The minimum Gasteiger partial charge on any atom is -0.463 e. The zero-order valence-electron chi connectivity index (χ0n) is 18.8. The van der Waals surface area contributed by atoms with Gasteiger partial charge in [0.15, 0.2) is 0 Å². The predicted octanol–water partition coefficient (Wildman–Crippen LogP) is 6.26. The maximum Gasteiger partial charge on any atom is 0.305 e. The average molecular weight is 411 g/mol. The van der Waals surface area contributed by atoms with Gasteiger partial charge < -0.3 is 14.9 Å². The minimum absolute atomic E-state index is 0.110. The van der Waals surface area contributed by atoms with Gasteiger partial charge in [0.2, 0.25) is 0 Å². The number of esters is 1.